The molecule has 5 heteroatoms. The molecular formula is C18H19NO4. The number of ether oxygens (including phenoxy) is 2. The van der Waals surface area contributed by atoms with Crippen LogP contribution >= 0.6 is 0 Å². The van der Waals surface area contributed by atoms with Crippen LogP contribution in [0.4, 0.5) is 5.69 Å². The van der Waals surface area contributed by atoms with Gasteiger partial charge in [-0.25, -0.2) is 4.79 Å². The van der Waals surface area contributed by atoms with Crippen LogP contribution in [-0.2, 0) is 9.53 Å². The predicted octanol–water partition coefficient (Wildman–Crippen LogP) is 3.19. The zero-order chi connectivity index (χ0) is 16.7. The van der Waals surface area contributed by atoms with Gasteiger partial charge < -0.3 is 14.8 Å². The second-order valence-corrected chi connectivity index (χ2v) is 4.95. The molecule has 0 aliphatic heterocycles. The summed E-state index contributed by atoms with van der Waals surface area (Å²) in [7, 11) is 0. The van der Waals surface area contributed by atoms with E-state index in [1.165, 1.54) is 0 Å². The molecule has 0 bridgehead atoms. The summed E-state index contributed by atoms with van der Waals surface area (Å²) in [5.41, 5.74) is 2.00. The molecule has 2 rings (SSSR count). The van der Waals surface area contributed by atoms with E-state index < -0.39 is 11.9 Å². The fraction of sp³-hybridized carbons (Fsp3) is 0.222. The highest BCUT2D eigenvalue weighted by Gasteiger charge is 2.10. The number of hydrogen-bond acceptors (Lipinski definition) is 4. The number of carbonyl (C=O) groups excluding carboxylic acids is 2. The number of hydrogen-bond donors (Lipinski definition) is 1. The fourth-order valence-corrected chi connectivity index (χ4v) is 1.98. The molecule has 0 aliphatic carbocycles. The van der Waals surface area contributed by atoms with E-state index in [9.17, 15) is 9.59 Å². The molecule has 0 saturated heterocycles. The third kappa shape index (κ3) is 5.14. The zero-order valence-electron chi connectivity index (χ0n) is 13.2. The maximum Gasteiger partial charge on any atom is 0.338 e. The molecule has 1 amide bonds. The van der Waals surface area contributed by atoms with E-state index in [-0.39, 0.29) is 6.61 Å². The van der Waals surface area contributed by atoms with Crippen molar-refractivity contribution in [2.24, 2.45) is 0 Å². The van der Waals surface area contributed by atoms with Crippen LogP contribution in [0, 0.1) is 6.92 Å². The molecule has 0 aliphatic rings. The van der Waals surface area contributed by atoms with Gasteiger partial charge in [-0.2, -0.15) is 0 Å². The predicted molar refractivity (Wildman–Crippen MR) is 87.7 cm³/mol. The Kier molecular flexibility index (Phi) is 5.74. The first-order valence-corrected chi connectivity index (χ1v) is 7.35. The van der Waals surface area contributed by atoms with Gasteiger partial charge in [0.2, 0.25) is 0 Å². The van der Waals surface area contributed by atoms with Crippen LogP contribution in [0.2, 0.25) is 0 Å². The number of carbonyl (C=O) groups is 2. The monoisotopic (exact) mass is 313 g/mol. The Bertz CT molecular complexity index is 680. The van der Waals surface area contributed by atoms with Crippen molar-refractivity contribution in [2.45, 2.75) is 13.8 Å². The smallest absolute Gasteiger partial charge is 0.338 e. The van der Waals surface area contributed by atoms with Crippen LogP contribution in [-0.4, -0.2) is 25.1 Å². The molecule has 2 aromatic carbocycles. The molecule has 0 atom stereocenters. The lowest BCUT2D eigenvalue weighted by atomic mass is 10.1. The second-order valence-electron chi connectivity index (χ2n) is 4.95. The van der Waals surface area contributed by atoms with Gasteiger partial charge in [-0.3, -0.25) is 4.79 Å². The first kappa shape index (κ1) is 16.5. The molecule has 0 fully saturated rings. The number of rotatable bonds is 6. The van der Waals surface area contributed by atoms with Crippen molar-refractivity contribution >= 4 is 17.6 Å². The number of anilines is 1. The van der Waals surface area contributed by atoms with Crippen LogP contribution in [0.1, 0.15) is 22.8 Å². The van der Waals surface area contributed by atoms with E-state index in [0.29, 0.717) is 17.9 Å². The lowest BCUT2D eigenvalue weighted by molar-refractivity contribution is -0.119. The molecule has 23 heavy (non-hydrogen) atoms. The van der Waals surface area contributed by atoms with Gasteiger partial charge in [0.15, 0.2) is 6.61 Å². The normalized spacial score (nSPS) is 10.0. The Morgan fingerprint density at radius 2 is 1.83 bits per heavy atom. The summed E-state index contributed by atoms with van der Waals surface area (Å²) in [5.74, 6) is -0.179. The Balaban J connectivity index is 1.84. The summed E-state index contributed by atoms with van der Waals surface area (Å²) in [6.07, 6.45) is 0. The highest BCUT2D eigenvalue weighted by atomic mass is 16.5. The summed E-state index contributed by atoms with van der Waals surface area (Å²) >= 11 is 0. The lowest BCUT2D eigenvalue weighted by Gasteiger charge is -2.08. The Morgan fingerprint density at radius 1 is 1.09 bits per heavy atom. The zero-order valence-corrected chi connectivity index (χ0v) is 13.2. The fourth-order valence-electron chi connectivity index (χ4n) is 1.98. The van der Waals surface area contributed by atoms with Crippen LogP contribution in [0.5, 0.6) is 5.75 Å². The second kappa shape index (κ2) is 7.98. The largest absolute Gasteiger partial charge is 0.494 e. The number of amides is 1. The van der Waals surface area contributed by atoms with Gasteiger partial charge in [0.1, 0.15) is 5.75 Å². The first-order chi connectivity index (χ1) is 11.1. The van der Waals surface area contributed by atoms with Gasteiger partial charge >= 0.3 is 5.97 Å². The van der Waals surface area contributed by atoms with E-state index in [4.69, 9.17) is 9.47 Å². The summed E-state index contributed by atoms with van der Waals surface area (Å²) in [4.78, 5) is 23.7. The highest BCUT2D eigenvalue weighted by Crippen LogP contribution is 2.15. The van der Waals surface area contributed by atoms with Gasteiger partial charge in [0, 0.05) is 5.69 Å². The maximum absolute atomic E-state index is 11.9. The summed E-state index contributed by atoms with van der Waals surface area (Å²) in [5, 5.41) is 2.66. The van der Waals surface area contributed by atoms with Gasteiger partial charge in [-0.15, -0.1) is 0 Å². The average molecular weight is 313 g/mol. The average Bonchev–Trinajstić information content (AvgIpc) is 2.55. The molecule has 0 heterocycles. The van der Waals surface area contributed by atoms with Crippen molar-refractivity contribution in [3.63, 3.8) is 0 Å². The summed E-state index contributed by atoms with van der Waals surface area (Å²) in [6, 6.07) is 14.0. The van der Waals surface area contributed by atoms with Crippen LogP contribution in [0.25, 0.3) is 0 Å². The molecule has 0 saturated carbocycles. The van der Waals surface area contributed by atoms with Gasteiger partial charge in [0.05, 0.1) is 12.2 Å². The Morgan fingerprint density at radius 3 is 2.48 bits per heavy atom. The third-order valence-electron chi connectivity index (χ3n) is 3.04. The van der Waals surface area contributed by atoms with E-state index in [1.54, 1.807) is 42.5 Å². The topological polar surface area (TPSA) is 64.6 Å². The summed E-state index contributed by atoms with van der Waals surface area (Å²) in [6.45, 7) is 4.04. The van der Waals surface area contributed by atoms with Crippen molar-refractivity contribution < 1.29 is 19.1 Å². The van der Waals surface area contributed by atoms with Crippen molar-refractivity contribution in [2.75, 3.05) is 18.5 Å². The maximum atomic E-state index is 11.9. The van der Waals surface area contributed by atoms with Crippen molar-refractivity contribution in [3.8, 4) is 5.75 Å². The SMILES string of the molecule is CCOc1ccc(NC(=O)COC(=O)c2cccc(C)c2)cc1. The molecular weight excluding hydrogens is 294 g/mol. The number of esters is 1. The van der Waals surface area contributed by atoms with E-state index >= 15 is 0 Å². The summed E-state index contributed by atoms with van der Waals surface area (Å²) < 4.78 is 10.3. The van der Waals surface area contributed by atoms with Crippen molar-refractivity contribution in [3.05, 3.63) is 59.7 Å². The van der Waals surface area contributed by atoms with Crippen LogP contribution in [0.3, 0.4) is 0 Å². The molecule has 0 unspecified atom stereocenters. The van der Waals surface area contributed by atoms with Crippen molar-refractivity contribution in [1.82, 2.24) is 0 Å². The molecule has 120 valence electrons. The minimum atomic E-state index is -0.518. The number of nitrogens with one attached hydrogen (secondary N) is 1. The molecule has 1 N–H and O–H groups in total. The minimum Gasteiger partial charge on any atom is -0.494 e. The van der Waals surface area contributed by atoms with Gasteiger partial charge in [-0.05, 0) is 50.2 Å². The highest BCUT2D eigenvalue weighted by molar-refractivity contribution is 5.95. The van der Waals surface area contributed by atoms with E-state index in [1.807, 2.05) is 19.9 Å². The molecule has 0 spiro atoms. The number of benzene rings is 2. The third-order valence-corrected chi connectivity index (χ3v) is 3.04. The van der Waals surface area contributed by atoms with Gasteiger partial charge in [-0.1, -0.05) is 17.7 Å². The van der Waals surface area contributed by atoms with Crippen LogP contribution in [0.15, 0.2) is 48.5 Å². The van der Waals surface area contributed by atoms with Crippen LogP contribution < -0.4 is 10.1 Å². The van der Waals surface area contributed by atoms with E-state index in [2.05, 4.69) is 5.32 Å². The Hall–Kier alpha value is -2.82. The van der Waals surface area contributed by atoms with E-state index in [0.717, 1.165) is 11.3 Å². The van der Waals surface area contributed by atoms with Gasteiger partial charge in [0.25, 0.3) is 5.91 Å². The molecule has 0 radical (unpaired) electrons. The molecule has 5 nitrogen and oxygen atoms in total. The molecule has 2 aromatic rings. The first-order valence-electron chi connectivity index (χ1n) is 7.35. The quantitative estimate of drug-likeness (QED) is 0.832. The Labute approximate surface area is 135 Å². The minimum absolute atomic E-state index is 0.333. The number of aryl methyl sites for hydroxylation is 1. The lowest BCUT2D eigenvalue weighted by Crippen LogP contribution is -2.20. The standard InChI is InChI=1S/C18H19NO4/c1-3-22-16-9-7-15(8-10-16)19-17(20)12-23-18(21)14-6-4-5-13(2)11-14/h4-11H,3,12H2,1-2H3,(H,19,20). The molecule has 0 aromatic heterocycles. The van der Waals surface area contributed by atoms with Crippen molar-refractivity contribution in [1.29, 1.82) is 0 Å².